The third kappa shape index (κ3) is 10.5. The minimum absolute atomic E-state index is 0.175. The van der Waals surface area contributed by atoms with E-state index in [-0.39, 0.29) is 22.4 Å². The van der Waals surface area contributed by atoms with Gasteiger partial charge in [0.05, 0.1) is 0 Å². The van der Waals surface area contributed by atoms with Crippen LogP contribution in [0.15, 0.2) is 130 Å². The van der Waals surface area contributed by atoms with E-state index in [0.29, 0.717) is 24.0 Å². The van der Waals surface area contributed by atoms with Crippen LogP contribution in [0.25, 0.3) is 0 Å². The maximum Gasteiger partial charge on any atom is 0.187 e. The molecule has 0 fully saturated rings. The summed E-state index contributed by atoms with van der Waals surface area (Å²) < 4.78 is 0. The molecule has 4 nitrogen and oxygen atoms in total. The first-order chi connectivity index (χ1) is 20.5. The van der Waals surface area contributed by atoms with Crippen molar-refractivity contribution in [1.29, 1.82) is 0 Å². The van der Waals surface area contributed by atoms with Gasteiger partial charge in [-0.25, -0.2) is 0 Å². The zero-order chi connectivity index (χ0) is 33.2. The summed E-state index contributed by atoms with van der Waals surface area (Å²) in [6.07, 6.45) is 27.5. The molecule has 0 bridgehead atoms. The predicted octanol–water partition coefficient (Wildman–Crippen LogP) is 8.91. The van der Waals surface area contributed by atoms with Gasteiger partial charge in [0.25, 0.3) is 0 Å². The van der Waals surface area contributed by atoms with Gasteiger partial charge in [0.15, 0.2) is 11.6 Å². The number of hydrogen-bond acceptors (Lipinski definition) is 4. The Morgan fingerprint density at radius 3 is 1.20 bits per heavy atom. The van der Waals surface area contributed by atoms with Crippen molar-refractivity contribution in [1.82, 2.24) is 0 Å². The molecule has 2 atom stereocenters. The fraction of sp³-hybridized carbons (Fsp3) is 0.400. The Kier molecular flexibility index (Phi) is 13.2. The highest BCUT2D eigenvalue weighted by Gasteiger charge is 2.37. The largest absolute Gasteiger partial charge is 0.385 e. The van der Waals surface area contributed by atoms with Crippen molar-refractivity contribution in [3.63, 3.8) is 0 Å². The van der Waals surface area contributed by atoms with Gasteiger partial charge in [-0.1, -0.05) is 135 Å². The van der Waals surface area contributed by atoms with Gasteiger partial charge in [0.2, 0.25) is 0 Å². The van der Waals surface area contributed by atoms with Crippen LogP contribution in [0.2, 0.25) is 0 Å². The average Bonchev–Trinajstić information content (AvgIpc) is 2.92. The average molecular weight is 597 g/mol. The molecule has 0 radical (unpaired) electrons. The van der Waals surface area contributed by atoms with E-state index >= 15 is 0 Å². The van der Waals surface area contributed by atoms with Crippen LogP contribution in [-0.2, 0) is 9.59 Å². The van der Waals surface area contributed by atoms with Crippen molar-refractivity contribution in [3.8, 4) is 0 Å². The predicted molar refractivity (Wildman–Crippen MR) is 185 cm³/mol. The molecule has 2 aliphatic carbocycles. The van der Waals surface area contributed by atoms with Crippen molar-refractivity contribution in [3.05, 3.63) is 130 Å². The number of aliphatic hydroxyl groups is 2. The Balaban J connectivity index is 1.95. The molecule has 2 aliphatic rings. The van der Waals surface area contributed by atoms with E-state index in [1.165, 1.54) is 0 Å². The number of ketones is 2. The lowest BCUT2D eigenvalue weighted by Crippen LogP contribution is -2.35. The molecular weight excluding hydrogens is 544 g/mol. The molecule has 0 heterocycles. The molecule has 0 aromatic rings. The van der Waals surface area contributed by atoms with E-state index in [4.69, 9.17) is 0 Å². The molecule has 2 N–H and O–H groups in total. The number of carbonyl (C=O) groups excluding carboxylic acids is 2. The molecule has 44 heavy (non-hydrogen) atoms. The number of aliphatic hydroxyl groups excluding tert-OH is 2. The van der Waals surface area contributed by atoms with Crippen LogP contribution in [0.5, 0.6) is 0 Å². The third-order valence-electron chi connectivity index (χ3n) is 8.31. The summed E-state index contributed by atoms with van der Waals surface area (Å²) in [5.41, 5.74) is 7.16. The van der Waals surface area contributed by atoms with Crippen LogP contribution < -0.4 is 0 Å². The second kappa shape index (κ2) is 15.9. The van der Waals surface area contributed by atoms with Crippen molar-refractivity contribution in [2.75, 3.05) is 0 Å². The maximum absolute atomic E-state index is 12.2. The fourth-order valence-corrected chi connectivity index (χ4v) is 5.62. The van der Waals surface area contributed by atoms with E-state index in [1.807, 2.05) is 74.6 Å². The highest BCUT2D eigenvalue weighted by Crippen LogP contribution is 2.40. The minimum Gasteiger partial charge on any atom is -0.385 e. The maximum atomic E-state index is 12.2. The first-order valence-corrected chi connectivity index (χ1v) is 15.4. The summed E-state index contributed by atoms with van der Waals surface area (Å²) in [5.74, 6) is -0.350. The van der Waals surface area contributed by atoms with E-state index < -0.39 is 12.2 Å². The van der Waals surface area contributed by atoms with E-state index in [0.717, 1.165) is 33.4 Å². The van der Waals surface area contributed by atoms with Gasteiger partial charge in [-0.15, -0.1) is 0 Å². The van der Waals surface area contributed by atoms with E-state index in [1.54, 1.807) is 13.8 Å². The van der Waals surface area contributed by atoms with E-state index in [9.17, 15) is 19.8 Å². The van der Waals surface area contributed by atoms with Crippen LogP contribution in [0.1, 0.15) is 82.1 Å². The normalized spacial score (nSPS) is 24.5. The molecule has 0 saturated carbocycles. The second-order valence-electron chi connectivity index (χ2n) is 13.4. The highest BCUT2D eigenvalue weighted by molar-refractivity contribution is 6.01. The Hall–Kier alpha value is -3.60. The number of carbonyl (C=O) groups is 2. The first kappa shape index (κ1) is 36.6. The number of rotatable bonds is 10. The number of hydrogen-bond donors (Lipinski definition) is 2. The topological polar surface area (TPSA) is 74.6 Å². The van der Waals surface area contributed by atoms with Crippen LogP contribution in [0.3, 0.4) is 0 Å². The van der Waals surface area contributed by atoms with Gasteiger partial charge in [-0.05, 0) is 87.5 Å². The third-order valence-corrected chi connectivity index (χ3v) is 8.31. The summed E-state index contributed by atoms with van der Waals surface area (Å²) in [4.78, 5) is 24.5. The number of allylic oxidation sites excluding steroid dienone is 20. The van der Waals surface area contributed by atoms with Gasteiger partial charge < -0.3 is 10.2 Å². The standard InChI is InChI=1S/C40H52O4/c1-27(17-13-19-29(3)21-23-33-31(5)37(43)35(41)25-39(33,7)8)15-11-12-16-28(2)18-14-20-30(4)22-24-34-32(6)38(44)36(42)26-40(34,9)10/h11-24,35-36,41-42H,25-26H2,1-10H3/b12-11-,17-13+,18-14+,23-21+,24-22+,27-15+,28-16+,29-19+,30-20+. The van der Waals surface area contributed by atoms with Crippen LogP contribution in [0, 0.1) is 10.8 Å². The molecule has 0 aromatic carbocycles. The monoisotopic (exact) mass is 596 g/mol. The summed E-state index contributed by atoms with van der Waals surface area (Å²) in [6.45, 7) is 20.0. The van der Waals surface area contributed by atoms with Crippen molar-refractivity contribution in [2.45, 2.75) is 94.3 Å². The van der Waals surface area contributed by atoms with Crippen LogP contribution in [0.4, 0.5) is 0 Å². The quantitative estimate of drug-likeness (QED) is 0.247. The van der Waals surface area contributed by atoms with Gasteiger partial charge in [0.1, 0.15) is 12.2 Å². The summed E-state index contributed by atoms with van der Waals surface area (Å²) in [7, 11) is 0. The molecule has 2 unspecified atom stereocenters. The van der Waals surface area contributed by atoms with Crippen molar-refractivity contribution in [2.24, 2.45) is 10.8 Å². The van der Waals surface area contributed by atoms with Gasteiger partial charge >= 0.3 is 0 Å². The molecule has 2 rings (SSSR count). The lowest BCUT2D eigenvalue weighted by Gasteiger charge is -2.34. The molecule has 4 heteroatoms. The number of Topliss-reactive ketones (excluding diaryl/α,β-unsaturated/α-hetero) is 2. The van der Waals surface area contributed by atoms with E-state index in [2.05, 4.69) is 65.8 Å². The lowest BCUT2D eigenvalue weighted by atomic mass is 9.71. The Morgan fingerprint density at radius 1 is 0.568 bits per heavy atom. The van der Waals surface area contributed by atoms with Crippen LogP contribution >= 0.6 is 0 Å². The van der Waals surface area contributed by atoms with Crippen molar-refractivity contribution < 1.29 is 19.8 Å². The van der Waals surface area contributed by atoms with Crippen LogP contribution in [-0.4, -0.2) is 34.0 Å². The minimum atomic E-state index is -0.907. The SMILES string of the molecule is CC1=C(/C=C/C(C)=C/C=C/C(C)=C/C=C\C=C(C)\C=C\C=C(C)\C=C\C2=C(C)C(=O)C(O)CC2(C)C)C(C)(C)CC(O)C1=O. The molecule has 0 aromatic heterocycles. The zero-order valence-corrected chi connectivity index (χ0v) is 28.4. The molecule has 236 valence electrons. The van der Waals surface area contributed by atoms with Gasteiger partial charge in [0, 0.05) is 0 Å². The summed E-state index contributed by atoms with van der Waals surface area (Å²) in [5, 5.41) is 20.0. The summed E-state index contributed by atoms with van der Waals surface area (Å²) in [6, 6.07) is 0. The van der Waals surface area contributed by atoms with Gasteiger partial charge in [-0.3, -0.25) is 9.59 Å². The fourth-order valence-electron chi connectivity index (χ4n) is 5.62. The lowest BCUT2D eigenvalue weighted by molar-refractivity contribution is -0.126. The molecule has 0 spiro atoms. The molecule has 0 aliphatic heterocycles. The second-order valence-corrected chi connectivity index (χ2v) is 13.4. The summed E-state index contributed by atoms with van der Waals surface area (Å²) >= 11 is 0. The molecule has 0 amide bonds. The smallest absolute Gasteiger partial charge is 0.187 e. The van der Waals surface area contributed by atoms with Gasteiger partial charge in [-0.2, -0.15) is 0 Å². The highest BCUT2D eigenvalue weighted by atomic mass is 16.3. The Bertz CT molecular complexity index is 1340. The Morgan fingerprint density at radius 2 is 0.864 bits per heavy atom. The molecule has 0 saturated heterocycles. The first-order valence-electron chi connectivity index (χ1n) is 15.4. The zero-order valence-electron chi connectivity index (χ0n) is 28.4. The molecular formula is C40H52O4. The Labute approximate surface area is 265 Å². The van der Waals surface area contributed by atoms with Crippen molar-refractivity contribution >= 4 is 11.6 Å².